The normalized spacial score (nSPS) is 27.2. The van der Waals surface area contributed by atoms with Crippen LogP contribution in [0.25, 0.3) is 11.2 Å². The summed E-state index contributed by atoms with van der Waals surface area (Å²) < 4.78 is 7.60. The molecule has 1 aliphatic rings. The molecule has 8 nitrogen and oxygen atoms in total. The third-order valence-corrected chi connectivity index (χ3v) is 3.47. The Morgan fingerprint density at radius 1 is 1.53 bits per heavy atom. The van der Waals surface area contributed by atoms with E-state index in [9.17, 15) is 5.11 Å². The van der Waals surface area contributed by atoms with Crippen LogP contribution < -0.4 is 5.73 Å². The highest BCUT2D eigenvalue weighted by atomic mass is 79.9. The molecule has 0 aromatic carbocycles. The van der Waals surface area contributed by atoms with Gasteiger partial charge in [-0.2, -0.15) is 0 Å². The van der Waals surface area contributed by atoms with Gasteiger partial charge in [-0.1, -0.05) is 0 Å². The van der Waals surface area contributed by atoms with E-state index in [0.29, 0.717) is 22.3 Å². The number of hydrogen-bond acceptors (Lipinski definition) is 7. The summed E-state index contributed by atoms with van der Waals surface area (Å²) in [5.74, 6) is 0.271. The Morgan fingerprint density at radius 3 is 3.00 bits per heavy atom. The summed E-state index contributed by atoms with van der Waals surface area (Å²) in [6.45, 7) is -0.231. The number of nitrogens with two attached hydrogens (primary N) is 1. The minimum atomic E-state index is -0.713. The molecule has 0 radical (unpaired) electrons. The van der Waals surface area contributed by atoms with Gasteiger partial charge in [0.1, 0.15) is 17.8 Å². The van der Waals surface area contributed by atoms with Crippen LogP contribution in [0.15, 0.2) is 11.1 Å². The maximum absolute atomic E-state index is 9.75. The van der Waals surface area contributed by atoms with Crippen molar-refractivity contribution in [3.63, 3.8) is 0 Å². The van der Waals surface area contributed by atoms with Gasteiger partial charge in [0.15, 0.2) is 11.5 Å². The number of hydrogen-bond donors (Lipinski definition) is 3. The lowest BCUT2D eigenvalue weighted by Gasteiger charge is -2.13. The summed E-state index contributed by atoms with van der Waals surface area (Å²) in [6.07, 6.45) is 0.163. The average Bonchev–Trinajstić information content (AvgIpc) is 2.92. The van der Waals surface area contributed by atoms with E-state index >= 15 is 0 Å². The predicted molar refractivity (Wildman–Crippen MR) is 69.1 cm³/mol. The molecule has 1 aliphatic heterocycles. The number of rotatable bonds is 2. The molecule has 4 N–H and O–H groups in total. The van der Waals surface area contributed by atoms with E-state index in [1.807, 2.05) is 0 Å². The first-order chi connectivity index (χ1) is 9.10. The molecular weight excluding hydrogens is 318 g/mol. The molecule has 1 fully saturated rings. The summed E-state index contributed by atoms with van der Waals surface area (Å²) in [4.78, 5) is 12.3. The zero-order valence-corrected chi connectivity index (χ0v) is 11.4. The van der Waals surface area contributed by atoms with Crippen molar-refractivity contribution in [2.75, 3.05) is 12.3 Å². The number of aliphatic hydroxyl groups excluding tert-OH is 2. The first-order valence-electron chi connectivity index (χ1n) is 5.70. The van der Waals surface area contributed by atoms with E-state index in [-0.39, 0.29) is 12.4 Å². The quantitative estimate of drug-likeness (QED) is 0.653. The van der Waals surface area contributed by atoms with Gasteiger partial charge < -0.3 is 20.7 Å². The second-order valence-corrected chi connectivity index (χ2v) is 5.03. The van der Waals surface area contributed by atoms with Crippen molar-refractivity contribution in [2.45, 2.75) is 24.9 Å². The first kappa shape index (κ1) is 12.7. The van der Waals surface area contributed by atoms with Crippen molar-refractivity contribution in [1.29, 1.82) is 0 Å². The molecule has 3 heterocycles. The molecule has 0 spiro atoms. The Labute approximate surface area is 116 Å². The minimum absolute atomic E-state index is 0.231. The molecule has 0 bridgehead atoms. The second kappa shape index (κ2) is 4.67. The minimum Gasteiger partial charge on any atom is -0.394 e. The van der Waals surface area contributed by atoms with Gasteiger partial charge in [0, 0.05) is 6.42 Å². The Kier molecular flexibility index (Phi) is 3.13. The maximum atomic E-state index is 9.75. The van der Waals surface area contributed by atoms with Crippen molar-refractivity contribution in [3.8, 4) is 0 Å². The molecule has 2 aromatic heterocycles. The molecule has 3 atom stereocenters. The summed E-state index contributed by atoms with van der Waals surface area (Å²) in [5.41, 5.74) is 6.77. The molecule has 3 rings (SSSR count). The fourth-order valence-corrected chi connectivity index (χ4v) is 2.53. The lowest BCUT2D eigenvalue weighted by Crippen LogP contribution is -2.24. The highest BCUT2D eigenvalue weighted by Gasteiger charge is 2.35. The number of fused-ring (bicyclic) bond motifs is 1. The highest BCUT2D eigenvalue weighted by molar-refractivity contribution is 9.10. The number of aliphatic hydroxyl groups is 2. The molecular formula is C10H12BrN5O3. The van der Waals surface area contributed by atoms with Crippen molar-refractivity contribution >= 4 is 32.9 Å². The SMILES string of the molecule is Nc1nc(Br)nc2c1ncn2[C@H]1CC(O)[C@@H](CO)O1. The van der Waals surface area contributed by atoms with Crippen LogP contribution in [0.5, 0.6) is 0 Å². The summed E-state index contributed by atoms with van der Waals surface area (Å²) >= 11 is 3.17. The average molecular weight is 330 g/mol. The van der Waals surface area contributed by atoms with Gasteiger partial charge in [0.25, 0.3) is 0 Å². The molecule has 9 heteroatoms. The van der Waals surface area contributed by atoms with E-state index < -0.39 is 18.4 Å². The van der Waals surface area contributed by atoms with E-state index in [1.165, 1.54) is 0 Å². The number of aromatic nitrogens is 4. The fourth-order valence-electron chi connectivity index (χ4n) is 2.17. The van der Waals surface area contributed by atoms with Crippen LogP contribution in [-0.4, -0.2) is 48.5 Å². The topological polar surface area (TPSA) is 119 Å². The van der Waals surface area contributed by atoms with E-state index in [2.05, 4.69) is 30.9 Å². The van der Waals surface area contributed by atoms with Gasteiger partial charge in [-0.25, -0.2) is 15.0 Å². The smallest absolute Gasteiger partial charge is 0.200 e. The Morgan fingerprint density at radius 2 is 2.32 bits per heavy atom. The van der Waals surface area contributed by atoms with Crippen LogP contribution in [0.1, 0.15) is 12.6 Å². The van der Waals surface area contributed by atoms with E-state index in [4.69, 9.17) is 15.6 Å². The van der Waals surface area contributed by atoms with Crippen LogP contribution in [-0.2, 0) is 4.74 Å². The fraction of sp³-hybridized carbons (Fsp3) is 0.500. The molecule has 1 saturated heterocycles. The van der Waals surface area contributed by atoms with Gasteiger partial charge in [0.2, 0.25) is 4.73 Å². The number of ether oxygens (including phenoxy) is 1. The van der Waals surface area contributed by atoms with Crippen molar-refractivity contribution in [2.24, 2.45) is 0 Å². The van der Waals surface area contributed by atoms with Crippen LogP contribution in [0.4, 0.5) is 5.82 Å². The molecule has 0 aliphatic carbocycles. The molecule has 2 aromatic rings. The molecule has 0 saturated carbocycles. The van der Waals surface area contributed by atoms with Crippen LogP contribution in [0, 0.1) is 0 Å². The van der Waals surface area contributed by atoms with Gasteiger partial charge in [0.05, 0.1) is 19.0 Å². The maximum Gasteiger partial charge on any atom is 0.200 e. The molecule has 0 amide bonds. The number of nitrogens with zero attached hydrogens (tertiary/aromatic N) is 4. The largest absolute Gasteiger partial charge is 0.394 e. The van der Waals surface area contributed by atoms with Gasteiger partial charge in [-0.05, 0) is 15.9 Å². The zero-order valence-electron chi connectivity index (χ0n) is 9.77. The van der Waals surface area contributed by atoms with Crippen molar-refractivity contribution in [1.82, 2.24) is 19.5 Å². The molecule has 19 heavy (non-hydrogen) atoms. The monoisotopic (exact) mass is 329 g/mol. The Hall–Kier alpha value is -1.29. The number of anilines is 1. The third-order valence-electron chi connectivity index (χ3n) is 3.12. The van der Waals surface area contributed by atoms with Crippen molar-refractivity contribution < 1.29 is 14.9 Å². The van der Waals surface area contributed by atoms with Gasteiger partial charge >= 0.3 is 0 Å². The summed E-state index contributed by atoms with van der Waals surface area (Å²) in [7, 11) is 0. The van der Waals surface area contributed by atoms with E-state index in [0.717, 1.165) is 0 Å². The van der Waals surface area contributed by atoms with E-state index in [1.54, 1.807) is 10.9 Å². The lowest BCUT2D eigenvalue weighted by atomic mass is 10.2. The summed E-state index contributed by atoms with van der Waals surface area (Å²) in [6, 6.07) is 0. The first-order valence-corrected chi connectivity index (χ1v) is 6.49. The van der Waals surface area contributed by atoms with Crippen LogP contribution >= 0.6 is 15.9 Å². The number of halogens is 1. The highest BCUT2D eigenvalue weighted by Crippen LogP contribution is 2.31. The summed E-state index contributed by atoms with van der Waals surface area (Å²) in [5, 5.41) is 18.8. The van der Waals surface area contributed by atoms with Crippen LogP contribution in [0.3, 0.4) is 0 Å². The van der Waals surface area contributed by atoms with Crippen LogP contribution in [0.2, 0.25) is 0 Å². The Balaban J connectivity index is 2.02. The number of nitrogen functional groups attached to an aromatic ring is 1. The predicted octanol–water partition coefficient (Wildman–Crippen LogP) is -0.188. The third kappa shape index (κ3) is 2.08. The second-order valence-electron chi connectivity index (χ2n) is 4.32. The number of imidazole rings is 1. The Bertz CT molecular complexity index is 618. The van der Waals surface area contributed by atoms with Gasteiger partial charge in [-0.3, -0.25) is 4.57 Å². The van der Waals surface area contributed by atoms with Gasteiger partial charge in [-0.15, -0.1) is 0 Å². The molecule has 102 valence electrons. The molecule has 1 unspecified atom stereocenters. The van der Waals surface area contributed by atoms with Crippen molar-refractivity contribution in [3.05, 3.63) is 11.1 Å². The zero-order chi connectivity index (χ0) is 13.6. The standard InChI is InChI=1S/C10H12BrN5O3/c11-10-14-8(12)7-9(15-10)16(3-13-7)6-1-4(18)5(2-17)19-6/h3-6,17-18H,1-2H2,(H2,12,14,15)/t4?,5-,6-/m1/s1. The lowest BCUT2D eigenvalue weighted by molar-refractivity contribution is -0.0432.